The number of hydrogen-bond acceptors (Lipinski definition) is 7. The van der Waals surface area contributed by atoms with Crippen LogP contribution in [0.4, 0.5) is 21.0 Å². The summed E-state index contributed by atoms with van der Waals surface area (Å²) in [7, 11) is 0. The highest BCUT2D eigenvalue weighted by molar-refractivity contribution is 6.31. The lowest BCUT2D eigenvalue weighted by atomic mass is 9.73. The minimum Gasteiger partial charge on any atom is -0.277 e. The smallest absolute Gasteiger partial charge is 0.277 e. The summed E-state index contributed by atoms with van der Waals surface area (Å²) in [6.45, 7) is 0. The number of pyridine rings is 1. The quantitative estimate of drug-likeness (QED) is 0.365. The van der Waals surface area contributed by atoms with Gasteiger partial charge in [0.15, 0.2) is 0 Å². The van der Waals surface area contributed by atoms with Gasteiger partial charge in [-0.25, -0.2) is 19.4 Å². The van der Waals surface area contributed by atoms with Crippen molar-refractivity contribution in [3.8, 4) is 0 Å². The van der Waals surface area contributed by atoms with Gasteiger partial charge in [0.1, 0.15) is 11.8 Å². The molecule has 3 aromatic carbocycles. The normalized spacial score (nSPS) is 20.2. The van der Waals surface area contributed by atoms with Crippen LogP contribution in [0.1, 0.15) is 11.5 Å². The van der Waals surface area contributed by atoms with E-state index in [1.54, 1.807) is 66.7 Å². The van der Waals surface area contributed by atoms with E-state index in [2.05, 4.69) is 15.6 Å². The van der Waals surface area contributed by atoms with Crippen LogP contribution in [0.2, 0.25) is 0 Å². The fourth-order valence-electron chi connectivity index (χ4n) is 5.30. The standard InChI is InChI=1S/C30H21N5O6/c36-25-23(27(38)34(29(40)32-25)19-10-3-1-4-11-19)22(18-15-17-9-7-8-14-21(17)31-16-18)24-26(37)33-30(41)35(28(24)39)20-12-5-2-6-13-20/h1-16,22-24H,(H,32,36,40)(H,33,37,41). The summed E-state index contributed by atoms with van der Waals surface area (Å²) in [5.41, 5.74) is 1.23. The summed E-state index contributed by atoms with van der Waals surface area (Å²) in [5.74, 6) is -8.62. The van der Waals surface area contributed by atoms with E-state index in [0.29, 0.717) is 10.9 Å². The van der Waals surface area contributed by atoms with Gasteiger partial charge in [-0.05, 0) is 42.0 Å². The lowest BCUT2D eigenvalue weighted by Crippen LogP contribution is -2.64. The van der Waals surface area contributed by atoms with Gasteiger partial charge in [-0.1, -0.05) is 54.6 Å². The van der Waals surface area contributed by atoms with E-state index in [-0.39, 0.29) is 16.9 Å². The maximum absolute atomic E-state index is 14.0. The number of carbonyl (C=O) groups excluding carboxylic acids is 6. The molecule has 0 aliphatic carbocycles. The number of anilines is 2. The third kappa shape index (κ3) is 4.39. The monoisotopic (exact) mass is 547 g/mol. The number of nitrogens with one attached hydrogen (secondary N) is 2. The molecular weight excluding hydrogens is 526 g/mol. The molecule has 3 heterocycles. The molecule has 4 aromatic rings. The maximum atomic E-state index is 14.0. The molecule has 2 aliphatic heterocycles. The number of imide groups is 4. The first kappa shape index (κ1) is 25.6. The van der Waals surface area contributed by atoms with Crippen molar-refractivity contribution in [2.45, 2.75) is 5.92 Å². The van der Waals surface area contributed by atoms with Gasteiger partial charge in [0.25, 0.3) is 0 Å². The average molecular weight is 548 g/mol. The Bertz CT molecular complexity index is 1650. The molecule has 2 N–H and O–H groups in total. The molecule has 202 valence electrons. The molecule has 0 spiro atoms. The van der Waals surface area contributed by atoms with E-state index < -0.39 is 53.4 Å². The summed E-state index contributed by atoms with van der Waals surface area (Å²) in [5, 5.41) is 5.03. The van der Waals surface area contributed by atoms with Crippen LogP contribution in [-0.4, -0.2) is 40.7 Å². The Morgan fingerprint density at radius 3 is 1.59 bits per heavy atom. The van der Waals surface area contributed by atoms with E-state index in [1.165, 1.54) is 30.5 Å². The van der Waals surface area contributed by atoms with Crippen molar-refractivity contribution >= 4 is 58.0 Å². The van der Waals surface area contributed by atoms with Gasteiger partial charge in [0.05, 0.1) is 16.9 Å². The molecular formula is C30H21N5O6. The van der Waals surface area contributed by atoms with E-state index in [1.807, 2.05) is 0 Å². The number of carbonyl (C=O) groups is 6. The number of fused-ring (bicyclic) bond motifs is 1. The Labute approximate surface area is 232 Å². The van der Waals surface area contributed by atoms with Crippen LogP contribution < -0.4 is 20.4 Å². The number of nitrogens with zero attached hydrogens (tertiary/aromatic N) is 3. The van der Waals surface area contributed by atoms with Crippen molar-refractivity contribution < 1.29 is 28.8 Å². The Balaban J connectivity index is 1.52. The molecule has 41 heavy (non-hydrogen) atoms. The molecule has 2 aliphatic rings. The minimum absolute atomic E-state index is 0.198. The van der Waals surface area contributed by atoms with Gasteiger partial charge in [-0.2, -0.15) is 0 Å². The van der Waals surface area contributed by atoms with E-state index in [4.69, 9.17) is 0 Å². The zero-order chi connectivity index (χ0) is 28.7. The number of rotatable bonds is 5. The Kier molecular flexibility index (Phi) is 6.31. The van der Waals surface area contributed by atoms with Crippen LogP contribution in [0.15, 0.2) is 97.2 Å². The van der Waals surface area contributed by atoms with Gasteiger partial charge in [-0.15, -0.1) is 0 Å². The van der Waals surface area contributed by atoms with Crippen LogP contribution in [0.5, 0.6) is 0 Å². The summed E-state index contributed by atoms with van der Waals surface area (Å²) in [4.78, 5) is 86.6. The highest BCUT2D eigenvalue weighted by Gasteiger charge is 2.55. The molecule has 2 fully saturated rings. The first-order valence-corrected chi connectivity index (χ1v) is 12.7. The molecule has 8 amide bonds. The molecule has 2 atom stereocenters. The molecule has 11 heteroatoms. The van der Waals surface area contributed by atoms with E-state index >= 15 is 0 Å². The predicted molar refractivity (Wildman–Crippen MR) is 146 cm³/mol. The molecule has 1 aromatic heterocycles. The number of para-hydroxylation sites is 3. The number of hydrogen-bond donors (Lipinski definition) is 2. The van der Waals surface area contributed by atoms with Gasteiger partial charge >= 0.3 is 12.1 Å². The van der Waals surface area contributed by atoms with E-state index in [9.17, 15) is 28.8 Å². The van der Waals surface area contributed by atoms with Crippen molar-refractivity contribution in [2.24, 2.45) is 11.8 Å². The lowest BCUT2D eigenvalue weighted by molar-refractivity contribution is -0.140. The van der Waals surface area contributed by atoms with Crippen LogP contribution >= 0.6 is 0 Å². The summed E-state index contributed by atoms with van der Waals surface area (Å²) in [6, 6.07) is 22.7. The maximum Gasteiger partial charge on any atom is 0.335 e. The first-order valence-electron chi connectivity index (χ1n) is 12.7. The molecule has 2 unspecified atom stereocenters. The predicted octanol–water partition coefficient (Wildman–Crippen LogP) is 3.12. The van der Waals surface area contributed by atoms with Crippen molar-refractivity contribution in [3.63, 3.8) is 0 Å². The summed E-state index contributed by atoms with van der Waals surface area (Å²) in [6.07, 6.45) is 1.39. The van der Waals surface area contributed by atoms with Crippen LogP contribution in [-0.2, 0) is 19.2 Å². The number of benzene rings is 3. The van der Waals surface area contributed by atoms with Crippen molar-refractivity contribution in [1.82, 2.24) is 15.6 Å². The van der Waals surface area contributed by atoms with Crippen LogP contribution in [0.3, 0.4) is 0 Å². The lowest BCUT2D eigenvalue weighted by Gasteiger charge is -2.39. The highest BCUT2D eigenvalue weighted by atomic mass is 16.2. The SMILES string of the molecule is O=C1NC(=O)N(c2ccccc2)C(=O)C1C(c1cnc2ccccc2c1)C1C(=O)NC(=O)N(c2ccccc2)C1=O. The fourth-order valence-corrected chi connectivity index (χ4v) is 5.30. The zero-order valence-corrected chi connectivity index (χ0v) is 21.3. The second kappa shape index (κ2) is 10.1. The molecule has 0 saturated carbocycles. The molecule has 0 bridgehead atoms. The Morgan fingerprint density at radius 2 is 1.07 bits per heavy atom. The number of aromatic nitrogens is 1. The average Bonchev–Trinajstić information content (AvgIpc) is 2.97. The van der Waals surface area contributed by atoms with E-state index in [0.717, 1.165) is 9.80 Å². The zero-order valence-electron chi connectivity index (χ0n) is 21.3. The third-order valence-electron chi connectivity index (χ3n) is 7.15. The number of amides is 8. The van der Waals surface area contributed by atoms with Gasteiger partial charge in [0, 0.05) is 17.5 Å². The third-order valence-corrected chi connectivity index (χ3v) is 7.15. The summed E-state index contributed by atoms with van der Waals surface area (Å²) >= 11 is 0. The largest absolute Gasteiger partial charge is 0.335 e. The molecule has 11 nitrogen and oxygen atoms in total. The number of urea groups is 2. The highest BCUT2D eigenvalue weighted by Crippen LogP contribution is 2.40. The Morgan fingerprint density at radius 1 is 0.610 bits per heavy atom. The van der Waals surface area contributed by atoms with Crippen molar-refractivity contribution in [2.75, 3.05) is 9.80 Å². The van der Waals surface area contributed by atoms with Crippen molar-refractivity contribution in [1.29, 1.82) is 0 Å². The minimum atomic E-state index is -1.69. The van der Waals surface area contributed by atoms with Gasteiger partial charge in [0.2, 0.25) is 23.6 Å². The number of barbiturate groups is 2. The van der Waals surface area contributed by atoms with Crippen LogP contribution in [0.25, 0.3) is 10.9 Å². The second-order valence-corrected chi connectivity index (χ2v) is 9.55. The first-order chi connectivity index (χ1) is 19.8. The van der Waals surface area contributed by atoms with Crippen molar-refractivity contribution in [3.05, 3.63) is 103 Å². The molecule has 6 rings (SSSR count). The van der Waals surface area contributed by atoms with Gasteiger partial charge in [-0.3, -0.25) is 34.8 Å². The fraction of sp³-hybridized carbons (Fsp3) is 0.100. The molecule has 2 saturated heterocycles. The topological polar surface area (TPSA) is 146 Å². The van der Waals surface area contributed by atoms with Gasteiger partial charge < -0.3 is 0 Å². The molecule has 0 radical (unpaired) electrons. The second-order valence-electron chi connectivity index (χ2n) is 9.55. The summed E-state index contributed by atoms with van der Waals surface area (Å²) < 4.78 is 0. The van der Waals surface area contributed by atoms with Crippen LogP contribution in [0, 0.1) is 11.8 Å². The Hall–Kier alpha value is -5.71.